The highest BCUT2D eigenvalue weighted by molar-refractivity contribution is 6.41. The molecule has 3 aromatic rings. The first kappa shape index (κ1) is 26.4. The molecule has 1 aliphatic carbocycles. The van der Waals surface area contributed by atoms with Gasteiger partial charge in [0.05, 0.1) is 18.3 Å². The van der Waals surface area contributed by atoms with E-state index in [0.29, 0.717) is 23.7 Å². The van der Waals surface area contributed by atoms with Crippen LogP contribution in [0.15, 0.2) is 30.6 Å². The molecule has 6 N–H and O–H groups in total. The summed E-state index contributed by atoms with van der Waals surface area (Å²) in [5, 5.41) is 30.1. The third-order valence-corrected chi connectivity index (χ3v) is 5.82. The minimum Gasteiger partial charge on any atom is -0.426 e. The number of hydrogen-bond acceptors (Lipinski definition) is 7. The number of carbonyl (C=O) groups is 1. The summed E-state index contributed by atoms with van der Waals surface area (Å²) in [6, 6.07) is 3.82. The van der Waals surface area contributed by atoms with Crippen LogP contribution >= 0.6 is 0 Å². The maximum atomic E-state index is 13.3. The Balaban J connectivity index is 0.000000775. The van der Waals surface area contributed by atoms with Crippen molar-refractivity contribution in [3.8, 4) is 11.3 Å². The van der Waals surface area contributed by atoms with Crippen LogP contribution in [-0.2, 0) is 5.60 Å². The molecule has 1 unspecified atom stereocenters. The molecule has 13 heteroatoms. The molecule has 4 rings (SSSR count). The van der Waals surface area contributed by atoms with Crippen molar-refractivity contribution in [2.24, 2.45) is 0 Å². The molecular formula is C22H27BF3N5O4. The van der Waals surface area contributed by atoms with Crippen molar-refractivity contribution >= 4 is 24.5 Å². The molecule has 35 heavy (non-hydrogen) atoms. The van der Waals surface area contributed by atoms with Gasteiger partial charge in [0.1, 0.15) is 5.69 Å². The summed E-state index contributed by atoms with van der Waals surface area (Å²) in [7, 11) is -1.76. The summed E-state index contributed by atoms with van der Waals surface area (Å²) in [6.45, 7) is 2.33. The molecule has 2 aromatic heterocycles. The molecule has 1 saturated carbocycles. The van der Waals surface area contributed by atoms with Gasteiger partial charge in [-0.15, -0.1) is 0 Å². The zero-order valence-electron chi connectivity index (χ0n) is 19.3. The summed E-state index contributed by atoms with van der Waals surface area (Å²) in [4.78, 5) is 20.3. The SMILES string of the molecule is C1CCC1.Cc1ccc(C(C)(O)C(F)(F)F)cc1-c1cnc2c(N)nc(C(=O)NCB(O)O)cn12. The molecule has 2 heterocycles. The van der Waals surface area contributed by atoms with E-state index in [1.165, 1.54) is 60.7 Å². The normalized spacial score (nSPS) is 15.0. The molecule has 0 spiro atoms. The molecule has 0 bridgehead atoms. The third kappa shape index (κ3) is 5.74. The minimum absolute atomic E-state index is 0.112. The van der Waals surface area contributed by atoms with Gasteiger partial charge < -0.3 is 26.2 Å². The van der Waals surface area contributed by atoms with Crippen LogP contribution in [-0.4, -0.2) is 55.2 Å². The van der Waals surface area contributed by atoms with Gasteiger partial charge in [0, 0.05) is 11.8 Å². The van der Waals surface area contributed by atoms with E-state index in [1.54, 1.807) is 6.92 Å². The highest BCUT2D eigenvalue weighted by Crippen LogP contribution is 2.40. The third-order valence-electron chi connectivity index (χ3n) is 5.82. The molecule has 0 radical (unpaired) electrons. The van der Waals surface area contributed by atoms with Crippen LogP contribution in [0.3, 0.4) is 0 Å². The number of alkyl halides is 3. The van der Waals surface area contributed by atoms with Gasteiger partial charge in [0.2, 0.25) is 0 Å². The van der Waals surface area contributed by atoms with Crippen LogP contribution in [0.1, 0.15) is 54.2 Å². The lowest BCUT2D eigenvalue weighted by molar-refractivity contribution is -0.258. The van der Waals surface area contributed by atoms with E-state index in [4.69, 9.17) is 15.8 Å². The fraction of sp³-hybridized carbons (Fsp3) is 0.409. The molecule has 188 valence electrons. The Bertz CT molecular complexity index is 1210. The van der Waals surface area contributed by atoms with Crippen molar-refractivity contribution in [3.63, 3.8) is 0 Å². The molecule has 1 fully saturated rings. The van der Waals surface area contributed by atoms with Crippen molar-refractivity contribution in [3.05, 3.63) is 47.4 Å². The van der Waals surface area contributed by atoms with E-state index in [2.05, 4.69) is 15.3 Å². The second-order valence-electron chi connectivity index (χ2n) is 8.55. The standard InChI is InChI=1S/C18H19BF3N5O4.C4H8/c1-9-3-4-10(17(2,29)18(20,21)22)5-11(9)13-6-24-15-14(23)26-12(7-27(13)15)16(28)25-8-19(30)31;1-2-4-3-1/h3-7,29-31H,8H2,1-2H3,(H2,23,26)(H,25,28);1-4H2. The Labute approximate surface area is 200 Å². The average Bonchev–Trinajstić information content (AvgIpc) is 3.14. The number of aliphatic hydroxyl groups is 1. The topological polar surface area (TPSA) is 146 Å². The first-order chi connectivity index (χ1) is 16.3. The van der Waals surface area contributed by atoms with Gasteiger partial charge in [-0.25, -0.2) is 9.97 Å². The molecule has 0 aliphatic heterocycles. The number of aryl methyl sites for hydroxylation is 1. The average molecular weight is 493 g/mol. The summed E-state index contributed by atoms with van der Waals surface area (Å²) < 4.78 is 41.3. The number of nitrogen functional groups attached to an aromatic ring is 1. The predicted molar refractivity (Wildman–Crippen MR) is 124 cm³/mol. The number of anilines is 1. The van der Waals surface area contributed by atoms with Gasteiger partial charge in [-0.3, -0.25) is 9.20 Å². The second-order valence-corrected chi connectivity index (χ2v) is 8.55. The van der Waals surface area contributed by atoms with Crippen LogP contribution < -0.4 is 11.1 Å². The summed E-state index contributed by atoms with van der Waals surface area (Å²) >= 11 is 0. The van der Waals surface area contributed by atoms with Gasteiger partial charge in [0.25, 0.3) is 5.91 Å². The number of amides is 1. The number of fused-ring (bicyclic) bond motifs is 1. The summed E-state index contributed by atoms with van der Waals surface area (Å²) in [5.41, 5.74) is 3.67. The highest BCUT2D eigenvalue weighted by atomic mass is 19.4. The van der Waals surface area contributed by atoms with Crippen molar-refractivity contribution < 1.29 is 33.1 Å². The maximum absolute atomic E-state index is 13.3. The number of nitrogens with one attached hydrogen (secondary N) is 1. The Morgan fingerprint density at radius 1 is 1.23 bits per heavy atom. The smallest absolute Gasteiger partial charge is 0.426 e. The fourth-order valence-corrected chi connectivity index (χ4v) is 3.21. The van der Waals surface area contributed by atoms with Crippen LogP contribution in [0.5, 0.6) is 0 Å². The number of aromatic nitrogens is 3. The van der Waals surface area contributed by atoms with Gasteiger partial charge in [0.15, 0.2) is 17.1 Å². The minimum atomic E-state index is -4.89. The number of nitrogens with two attached hydrogens (primary N) is 1. The number of carbonyl (C=O) groups excluding carboxylic acids is 1. The van der Waals surface area contributed by atoms with E-state index in [9.17, 15) is 23.1 Å². The predicted octanol–water partition coefficient (Wildman–Crippen LogP) is 2.36. The maximum Gasteiger partial charge on any atom is 0.472 e. The molecule has 1 aromatic carbocycles. The van der Waals surface area contributed by atoms with E-state index in [-0.39, 0.29) is 22.7 Å². The Kier molecular flexibility index (Phi) is 7.72. The van der Waals surface area contributed by atoms with Gasteiger partial charge in [-0.2, -0.15) is 13.2 Å². The summed E-state index contributed by atoms with van der Waals surface area (Å²) in [6.07, 6.45) is 3.31. The first-order valence-electron chi connectivity index (χ1n) is 11.0. The molecule has 1 amide bonds. The van der Waals surface area contributed by atoms with Gasteiger partial charge in [-0.1, -0.05) is 37.8 Å². The number of benzene rings is 1. The van der Waals surface area contributed by atoms with Crippen molar-refractivity contribution in [2.75, 3.05) is 12.2 Å². The van der Waals surface area contributed by atoms with Crippen molar-refractivity contribution in [1.29, 1.82) is 0 Å². The highest BCUT2D eigenvalue weighted by Gasteiger charge is 2.51. The number of imidazole rings is 1. The molecule has 1 aliphatic rings. The number of halogens is 3. The lowest BCUT2D eigenvalue weighted by Crippen LogP contribution is -2.39. The van der Waals surface area contributed by atoms with E-state index < -0.39 is 31.2 Å². The van der Waals surface area contributed by atoms with Crippen molar-refractivity contribution in [2.45, 2.75) is 51.3 Å². The van der Waals surface area contributed by atoms with Gasteiger partial charge in [-0.05, 0) is 31.0 Å². The molecule has 0 saturated heterocycles. The Hall–Kier alpha value is -3.16. The quantitative estimate of drug-likeness (QED) is 0.343. The number of hydrogen-bond donors (Lipinski definition) is 5. The van der Waals surface area contributed by atoms with Gasteiger partial charge >= 0.3 is 13.3 Å². The number of nitrogens with zero attached hydrogens (tertiary/aromatic N) is 3. The van der Waals surface area contributed by atoms with E-state index in [1.807, 2.05) is 0 Å². The molecule has 9 nitrogen and oxygen atoms in total. The first-order valence-corrected chi connectivity index (χ1v) is 11.0. The van der Waals surface area contributed by atoms with E-state index in [0.717, 1.165) is 0 Å². The van der Waals surface area contributed by atoms with Crippen molar-refractivity contribution in [1.82, 2.24) is 19.7 Å². The van der Waals surface area contributed by atoms with Crippen LogP contribution in [0.2, 0.25) is 0 Å². The van der Waals surface area contributed by atoms with Crippen LogP contribution in [0, 0.1) is 6.92 Å². The Morgan fingerprint density at radius 3 is 2.40 bits per heavy atom. The summed E-state index contributed by atoms with van der Waals surface area (Å²) in [5.74, 6) is -0.855. The largest absolute Gasteiger partial charge is 0.472 e. The molecular weight excluding hydrogens is 466 g/mol. The fourth-order valence-electron chi connectivity index (χ4n) is 3.21. The van der Waals surface area contributed by atoms with Crippen LogP contribution in [0.25, 0.3) is 16.9 Å². The molecule has 1 atom stereocenters. The van der Waals surface area contributed by atoms with Crippen LogP contribution in [0.4, 0.5) is 19.0 Å². The lowest BCUT2D eigenvalue weighted by atomic mass is 9.91. The second kappa shape index (κ2) is 10.2. The zero-order chi connectivity index (χ0) is 26.0. The lowest BCUT2D eigenvalue weighted by Gasteiger charge is -2.27. The zero-order valence-corrected chi connectivity index (χ0v) is 19.3. The van der Waals surface area contributed by atoms with E-state index >= 15 is 0 Å². The Morgan fingerprint density at radius 2 is 1.86 bits per heavy atom. The number of rotatable bonds is 5. The monoisotopic (exact) mass is 493 g/mol.